The van der Waals surface area contributed by atoms with Gasteiger partial charge in [0.05, 0.1) is 11.7 Å². The summed E-state index contributed by atoms with van der Waals surface area (Å²) in [6.07, 6.45) is 6.70. The van der Waals surface area contributed by atoms with E-state index >= 15 is 0 Å². The molecule has 0 atom stereocenters. The van der Waals surface area contributed by atoms with Crippen LogP contribution in [0.1, 0.15) is 49.5 Å². The third kappa shape index (κ3) is 2.07. The SMILES string of the molecule is CCCn1nncc1C(=O)C1(N(C)C)CCCC1. The smallest absolute Gasteiger partial charge is 0.202 e. The van der Waals surface area contributed by atoms with Gasteiger partial charge in [-0.1, -0.05) is 25.0 Å². The van der Waals surface area contributed by atoms with E-state index in [1.165, 1.54) is 0 Å². The largest absolute Gasteiger partial charge is 0.297 e. The van der Waals surface area contributed by atoms with Gasteiger partial charge in [0.15, 0.2) is 0 Å². The molecule has 0 aromatic carbocycles. The van der Waals surface area contributed by atoms with Crippen LogP contribution in [0.3, 0.4) is 0 Å². The zero-order chi connectivity index (χ0) is 13.2. The second-order valence-electron chi connectivity index (χ2n) is 5.30. The van der Waals surface area contributed by atoms with Gasteiger partial charge in [0.25, 0.3) is 0 Å². The number of Topliss-reactive ketones (excluding diaryl/α,β-unsaturated/α-hetero) is 1. The van der Waals surface area contributed by atoms with E-state index in [9.17, 15) is 4.79 Å². The van der Waals surface area contributed by atoms with E-state index in [4.69, 9.17) is 0 Å². The van der Waals surface area contributed by atoms with Crippen LogP contribution in [0.4, 0.5) is 0 Å². The van der Waals surface area contributed by atoms with Crippen molar-refractivity contribution >= 4 is 5.78 Å². The third-order valence-electron chi connectivity index (χ3n) is 4.00. The van der Waals surface area contributed by atoms with E-state index in [1.54, 1.807) is 10.9 Å². The maximum absolute atomic E-state index is 12.8. The summed E-state index contributed by atoms with van der Waals surface area (Å²) in [6, 6.07) is 0. The van der Waals surface area contributed by atoms with Crippen molar-refractivity contribution in [2.24, 2.45) is 0 Å². The van der Waals surface area contributed by atoms with Gasteiger partial charge in [-0.2, -0.15) is 0 Å². The molecule has 0 aliphatic heterocycles. The highest BCUT2D eigenvalue weighted by molar-refractivity contribution is 6.01. The highest BCUT2D eigenvalue weighted by atomic mass is 16.1. The fourth-order valence-electron chi connectivity index (χ4n) is 2.89. The normalized spacial score (nSPS) is 18.4. The molecule has 18 heavy (non-hydrogen) atoms. The number of aryl methyl sites for hydroxylation is 1. The molecule has 0 N–H and O–H groups in total. The van der Waals surface area contributed by atoms with Crippen LogP contribution < -0.4 is 0 Å². The van der Waals surface area contributed by atoms with Gasteiger partial charge in [-0.15, -0.1) is 5.10 Å². The van der Waals surface area contributed by atoms with Gasteiger partial charge in [0.2, 0.25) is 5.78 Å². The van der Waals surface area contributed by atoms with E-state index < -0.39 is 0 Å². The van der Waals surface area contributed by atoms with Crippen molar-refractivity contribution in [3.8, 4) is 0 Å². The summed E-state index contributed by atoms with van der Waals surface area (Å²) < 4.78 is 1.74. The zero-order valence-corrected chi connectivity index (χ0v) is 11.5. The van der Waals surface area contributed by atoms with Crippen molar-refractivity contribution in [2.75, 3.05) is 14.1 Å². The molecule has 1 fully saturated rings. The minimum atomic E-state index is -0.340. The number of carbonyl (C=O) groups excluding carboxylic acids is 1. The van der Waals surface area contributed by atoms with Gasteiger partial charge >= 0.3 is 0 Å². The average Bonchev–Trinajstić information content (AvgIpc) is 2.97. The molecule has 1 heterocycles. The molecule has 1 aromatic rings. The fourth-order valence-corrected chi connectivity index (χ4v) is 2.89. The summed E-state index contributed by atoms with van der Waals surface area (Å²) >= 11 is 0. The van der Waals surface area contributed by atoms with Gasteiger partial charge in [-0.3, -0.25) is 9.69 Å². The number of carbonyl (C=O) groups is 1. The molecule has 100 valence electrons. The molecule has 0 bridgehead atoms. The van der Waals surface area contributed by atoms with Crippen molar-refractivity contribution in [3.05, 3.63) is 11.9 Å². The number of hydrogen-bond donors (Lipinski definition) is 0. The summed E-state index contributed by atoms with van der Waals surface area (Å²) in [6.45, 7) is 2.83. The standard InChI is InChI=1S/C13H22N4O/c1-4-9-17-11(10-14-15-17)12(18)13(16(2)3)7-5-6-8-13/h10H,4-9H2,1-3H3. The molecule has 1 saturated carbocycles. The van der Waals surface area contributed by atoms with Gasteiger partial charge < -0.3 is 0 Å². The molecule has 5 nitrogen and oxygen atoms in total. The van der Waals surface area contributed by atoms with Crippen molar-refractivity contribution < 1.29 is 4.79 Å². The Hall–Kier alpha value is -1.23. The minimum absolute atomic E-state index is 0.184. The third-order valence-corrected chi connectivity index (χ3v) is 4.00. The van der Waals surface area contributed by atoms with Crippen LogP contribution in [0.15, 0.2) is 6.20 Å². The van der Waals surface area contributed by atoms with Crippen LogP contribution in [0.25, 0.3) is 0 Å². The monoisotopic (exact) mass is 250 g/mol. The summed E-state index contributed by atoms with van der Waals surface area (Å²) in [5, 5.41) is 7.91. The molecule has 0 radical (unpaired) electrons. The topological polar surface area (TPSA) is 51.0 Å². The number of aromatic nitrogens is 3. The molecule has 1 aliphatic rings. The van der Waals surface area contributed by atoms with Gasteiger partial charge in [0.1, 0.15) is 5.69 Å². The zero-order valence-electron chi connectivity index (χ0n) is 11.5. The van der Waals surface area contributed by atoms with E-state index in [1.807, 2.05) is 14.1 Å². The van der Waals surface area contributed by atoms with Gasteiger partial charge in [-0.05, 0) is 33.4 Å². The number of ketones is 1. The summed E-state index contributed by atoms with van der Waals surface area (Å²) in [5.41, 5.74) is 0.320. The summed E-state index contributed by atoms with van der Waals surface area (Å²) in [7, 11) is 3.99. The first-order valence-corrected chi connectivity index (χ1v) is 6.72. The average molecular weight is 250 g/mol. The first kappa shape index (κ1) is 13.2. The lowest BCUT2D eigenvalue weighted by molar-refractivity contribution is 0.0681. The molecular weight excluding hydrogens is 228 g/mol. The molecule has 0 spiro atoms. The second kappa shape index (κ2) is 5.18. The second-order valence-corrected chi connectivity index (χ2v) is 5.30. The molecule has 0 amide bonds. The van der Waals surface area contributed by atoms with E-state index in [0.717, 1.165) is 38.6 Å². The van der Waals surface area contributed by atoms with Crippen LogP contribution in [0.2, 0.25) is 0 Å². The number of nitrogens with zero attached hydrogens (tertiary/aromatic N) is 4. The number of likely N-dealkylation sites (N-methyl/N-ethyl adjacent to an activating group) is 1. The molecule has 1 aromatic heterocycles. The van der Waals surface area contributed by atoms with Crippen molar-refractivity contribution in [2.45, 2.75) is 51.1 Å². The van der Waals surface area contributed by atoms with Crippen LogP contribution in [0.5, 0.6) is 0 Å². The predicted octanol–water partition coefficient (Wildman–Crippen LogP) is 1.75. The van der Waals surface area contributed by atoms with Crippen LogP contribution in [0, 0.1) is 0 Å². The quantitative estimate of drug-likeness (QED) is 0.747. The Balaban J connectivity index is 2.31. The molecule has 2 rings (SSSR count). The van der Waals surface area contributed by atoms with Gasteiger partial charge in [0, 0.05) is 6.54 Å². The maximum Gasteiger partial charge on any atom is 0.202 e. The number of rotatable bonds is 5. The van der Waals surface area contributed by atoms with Crippen LogP contribution >= 0.6 is 0 Å². The Morgan fingerprint density at radius 2 is 2.11 bits per heavy atom. The number of hydrogen-bond acceptors (Lipinski definition) is 4. The molecule has 0 saturated heterocycles. The predicted molar refractivity (Wildman–Crippen MR) is 69.5 cm³/mol. The molecule has 5 heteroatoms. The Labute approximate surface area is 108 Å². The Bertz CT molecular complexity index is 418. The first-order chi connectivity index (χ1) is 8.62. The lowest BCUT2D eigenvalue weighted by atomic mass is 9.89. The van der Waals surface area contributed by atoms with E-state index in [2.05, 4.69) is 22.1 Å². The molecule has 0 unspecified atom stereocenters. The summed E-state index contributed by atoms with van der Waals surface area (Å²) in [4.78, 5) is 14.9. The van der Waals surface area contributed by atoms with Crippen molar-refractivity contribution in [3.63, 3.8) is 0 Å². The van der Waals surface area contributed by atoms with Crippen molar-refractivity contribution in [1.82, 2.24) is 19.9 Å². The fraction of sp³-hybridized carbons (Fsp3) is 0.769. The Morgan fingerprint density at radius 3 is 2.67 bits per heavy atom. The Morgan fingerprint density at radius 1 is 1.44 bits per heavy atom. The maximum atomic E-state index is 12.8. The highest BCUT2D eigenvalue weighted by Gasteiger charge is 2.44. The minimum Gasteiger partial charge on any atom is -0.297 e. The van der Waals surface area contributed by atoms with Gasteiger partial charge in [-0.25, -0.2) is 4.68 Å². The summed E-state index contributed by atoms with van der Waals surface area (Å²) in [5.74, 6) is 0.184. The Kier molecular flexibility index (Phi) is 3.80. The van der Waals surface area contributed by atoms with Crippen molar-refractivity contribution in [1.29, 1.82) is 0 Å². The van der Waals surface area contributed by atoms with E-state index in [-0.39, 0.29) is 11.3 Å². The van der Waals surface area contributed by atoms with Crippen LogP contribution in [-0.4, -0.2) is 45.3 Å². The van der Waals surface area contributed by atoms with E-state index in [0.29, 0.717) is 5.69 Å². The lowest BCUT2D eigenvalue weighted by Crippen LogP contribution is -2.49. The lowest BCUT2D eigenvalue weighted by Gasteiger charge is -2.34. The first-order valence-electron chi connectivity index (χ1n) is 6.72. The van der Waals surface area contributed by atoms with Crippen LogP contribution in [-0.2, 0) is 6.54 Å². The highest BCUT2D eigenvalue weighted by Crippen LogP contribution is 2.36. The molecular formula is C13H22N4O. The molecule has 1 aliphatic carbocycles.